The number of rotatable bonds is 5. The highest BCUT2D eigenvalue weighted by Gasteiger charge is 2.38. The number of ether oxygens (including phenoxy) is 1. The highest BCUT2D eigenvalue weighted by atomic mass is 32.2. The van der Waals surface area contributed by atoms with Crippen LogP contribution in [0.15, 0.2) is 83.8 Å². The van der Waals surface area contributed by atoms with Gasteiger partial charge in [-0.25, -0.2) is 12.8 Å². The molecule has 3 aromatic rings. The Kier molecular flexibility index (Phi) is 5.13. The summed E-state index contributed by atoms with van der Waals surface area (Å²) in [5, 5.41) is 3.55. The van der Waals surface area contributed by atoms with Crippen LogP contribution in [-0.4, -0.2) is 15.5 Å². The fraction of sp³-hybridized carbons (Fsp3) is 0.200. The molecule has 0 amide bonds. The summed E-state index contributed by atoms with van der Waals surface area (Å²) in [4.78, 5) is 0.216. The maximum absolute atomic E-state index is 13.4. The molecule has 164 valence electrons. The van der Waals surface area contributed by atoms with E-state index < -0.39 is 10.0 Å². The first-order valence-electron chi connectivity index (χ1n) is 10.4. The van der Waals surface area contributed by atoms with Gasteiger partial charge in [-0.15, -0.1) is 0 Å². The topological polar surface area (TPSA) is 67.4 Å². The third kappa shape index (κ3) is 3.73. The van der Waals surface area contributed by atoms with E-state index in [-0.39, 0.29) is 28.6 Å². The molecule has 0 bridgehead atoms. The van der Waals surface area contributed by atoms with E-state index in [1.54, 1.807) is 43.5 Å². The molecule has 0 radical (unpaired) electrons. The summed E-state index contributed by atoms with van der Waals surface area (Å²) in [6.45, 7) is 0. The molecule has 0 fully saturated rings. The minimum atomic E-state index is -3.75. The number of nitrogens with one attached hydrogen (secondary N) is 2. The van der Waals surface area contributed by atoms with E-state index in [9.17, 15) is 12.8 Å². The van der Waals surface area contributed by atoms with E-state index in [4.69, 9.17) is 4.74 Å². The fourth-order valence-corrected chi connectivity index (χ4v) is 5.71. The van der Waals surface area contributed by atoms with Crippen molar-refractivity contribution < 1.29 is 17.5 Å². The maximum atomic E-state index is 13.4. The Morgan fingerprint density at radius 2 is 1.78 bits per heavy atom. The molecule has 1 heterocycles. The Balaban J connectivity index is 1.46. The van der Waals surface area contributed by atoms with Gasteiger partial charge in [0.15, 0.2) is 0 Å². The van der Waals surface area contributed by atoms with Crippen molar-refractivity contribution in [2.75, 3.05) is 17.1 Å². The summed E-state index contributed by atoms with van der Waals surface area (Å²) in [6, 6.07) is 18.5. The third-order valence-electron chi connectivity index (χ3n) is 6.22. The normalized spacial score (nSPS) is 21.4. The summed E-state index contributed by atoms with van der Waals surface area (Å²) in [5.74, 6) is 0.728. The lowest BCUT2D eigenvalue weighted by Crippen LogP contribution is -2.29. The molecule has 32 heavy (non-hydrogen) atoms. The first kappa shape index (κ1) is 20.6. The van der Waals surface area contributed by atoms with Gasteiger partial charge in [0.1, 0.15) is 11.6 Å². The lowest BCUT2D eigenvalue weighted by Gasteiger charge is -2.37. The Hall–Kier alpha value is -3.32. The largest absolute Gasteiger partial charge is 0.497 e. The third-order valence-corrected chi connectivity index (χ3v) is 7.59. The summed E-state index contributed by atoms with van der Waals surface area (Å²) < 4.78 is 47.2. The number of hydrogen-bond acceptors (Lipinski definition) is 4. The SMILES string of the molecule is COc1ccc(NS(=O)(=O)c2ccc3c(c2)C2C=CCC2[C@@H](c2ccc(F)cc2)N3)cc1. The van der Waals surface area contributed by atoms with Crippen LogP contribution in [0.1, 0.15) is 29.5 Å². The number of sulfonamides is 1. The Bertz CT molecular complexity index is 1270. The number of hydrogen-bond donors (Lipinski definition) is 2. The molecule has 5 rings (SSSR count). The Morgan fingerprint density at radius 1 is 1.03 bits per heavy atom. The minimum absolute atomic E-state index is 0.0305. The minimum Gasteiger partial charge on any atom is -0.497 e. The van der Waals surface area contributed by atoms with Gasteiger partial charge in [0, 0.05) is 17.3 Å². The molecule has 3 atom stereocenters. The first-order chi connectivity index (χ1) is 15.4. The number of benzene rings is 3. The second-order valence-electron chi connectivity index (χ2n) is 8.11. The Labute approximate surface area is 187 Å². The lowest BCUT2D eigenvalue weighted by molar-refractivity contribution is 0.415. The van der Waals surface area contributed by atoms with Crippen molar-refractivity contribution in [3.8, 4) is 5.75 Å². The van der Waals surface area contributed by atoms with Crippen molar-refractivity contribution in [1.29, 1.82) is 0 Å². The van der Waals surface area contributed by atoms with Gasteiger partial charge in [0.2, 0.25) is 0 Å². The van der Waals surface area contributed by atoms with E-state index >= 15 is 0 Å². The van der Waals surface area contributed by atoms with E-state index in [0.717, 1.165) is 23.2 Å². The monoisotopic (exact) mass is 450 g/mol. The van der Waals surface area contributed by atoms with Crippen LogP contribution < -0.4 is 14.8 Å². The fourth-order valence-electron chi connectivity index (χ4n) is 4.61. The molecule has 1 aliphatic heterocycles. The van der Waals surface area contributed by atoms with E-state index in [1.807, 2.05) is 18.2 Å². The van der Waals surface area contributed by atoms with Crippen LogP contribution in [0.2, 0.25) is 0 Å². The van der Waals surface area contributed by atoms with Gasteiger partial charge in [-0.2, -0.15) is 0 Å². The van der Waals surface area contributed by atoms with Gasteiger partial charge in [-0.3, -0.25) is 4.72 Å². The van der Waals surface area contributed by atoms with Crippen molar-refractivity contribution in [3.05, 3.63) is 95.8 Å². The highest BCUT2D eigenvalue weighted by Crippen LogP contribution is 2.50. The van der Waals surface area contributed by atoms with Gasteiger partial charge in [-0.1, -0.05) is 24.3 Å². The molecule has 1 aliphatic carbocycles. The van der Waals surface area contributed by atoms with E-state index in [2.05, 4.69) is 22.2 Å². The zero-order valence-corrected chi connectivity index (χ0v) is 18.3. The quantitative estimate of drug-likeness (QED) is 0.507. The van der Waals surface area contributed by atoms with Crippen LogP contribution in [0.3, 0.4) is 0 Å². The van der Waals surface area contributed by atoms with Crippen LogP contribution >= 0.6 is 0 Å². The smallest absolute Gasteiger partial charge is 0.261 e. The molecule has 2 aliphatic rings. The number of allylic oxidation sites excluding steroid dienone is 2. The summed E-state index contributed by atoms with van der Waals surface area (Å²) >= 11 is 0. The van der Waals surface area contributed by atoms with Gasteiger partial charge in [-0.05, 0) is 78.1 Å². The molecular weight excluding hydrogens is 427 g/mol. The molecule has 0 saturated carbocycles. The molecule has 3 aromatic carbocycles. The maximum Gasteiger partial charge on any atom is 0.261 e. The first-order valence-corrected chi connectivity index (χ1v) is 11.9. The van der Waals surface area contributed by atoms with Crippen molar-refractivity contribution in [1.82, 2.24) is 0 Å². The van der Waals surface area contributed by atoms with Gasteiger partial charge < -0.3 is 10.1 Å². The van der Waals surface area contributed by atoms with Crippen LogP contribution in [-0.2, 0) is 10.0 Å². The van der Waals surface area contributed by atoms with Gasteiger partial charge >= 0.3 is 0 Å². The summed E-state index contributed by atoms with van der Waals surface area (Å²) in [6.07, 6.45) is 5.16. The zero-order chi connectivity index (χ0) is 22.3. The number of methoxy groups -OCH3 is 1. The predicted molar refractivity (Wildman–Crippen MR) is 123 cm³/mol. The van der Waals surface area contributed by atoms with Crippen LogP contribution in [0, 0.1) is 11.7 Å². The highest BCUT2D eigenvalue weighted by molar-refractivity contribution is 7.92. The van der Waals surface area contributed by atoms with E-state index in [1.165, 1.54) is 12.1 Å². The summed E-state index contributed by atoms with van der Waals surface area (Å²) in [5.41, 5.74) is 3.35. The second-order valence-corrected chi connectivity index (χ2v) is 9.79. The average Bonchev–Trinajstić information content (AvgIpc) is 3.29. The van der Waals surface area contributed by atoms with Crippen molar-refractivity contribution in [2.24, 2.45) is 5.92 Å². The number of fused-ring (bicyclic) bond motifs is 3. The number of anilines is 2. The average molecular weight is 451 g/mol. The summed E-state index contributed by atoms with van der Waals surface area (Å²) in [7, 11) is -2.19. The van der Waals surface area contributed by atoms with Crippen LogP contribution in [0.25, 0.3) is 0 Å². The van der Waals surface area contributed by atoms with Crippen molar-refractivity contribution >= 4 is 21.4 Å². The lowest BCUT2D eigenvalue weighted by atomic mass is 9.77. The second kappa shape index (κ2) is 7.98. The molecule has 5 nitrogen and oxygen atoms in total. The van der Waals surface area contributed by atoms with E-state index in [0.29, 0.717) is 11.4 Å². The molecule has 2 unspecified atom stereocenters. The molecule has 0 aromatic heterocycles. The predicted octanol–water partition coefficient (Wildman–Crippen LogP) is 5.46. The molecule has 0 saturated heterocycles. The molecule has 0 spiro atoms. The Morgan fingerprint density at radius 3 is 2.50 bits per heavy atom. The van der Waals surface area contributed by atoms with Gasteiger partial charge in [0.05, 0.1) is 18.0 Å². The van der Waals surface area contributed by atoms with Crippen LogP contribution in [0.5, 0.6) is 5.75 Å². The van der Waals surface area contributed by atoms with Crippen molar-refractivity contribution in [3.63, 3.8) is 0 Å². The van der Waals surface area contributed by atoms with Gasteiger partial charge in [0.25, 0.3) is 10.0 Å². The van der Waals surface area contributed by atoms with Crippen LogP contribution in [0.4, 0.5) is 15.8 Å². The molecular formula is C25H23FN2O3S. The number of halogens is 1. The molecule has 2 N–H and O–H groups in total. The molecule has 7 heteroatoms. The standard InChI is InChI=1S/C25H23FN2O3S/c1-31-19-11-9-18(10-12-19)28-32(29,30)20-13-14-24-23(15-20)21-3-2-4-22(21)25(27-24)16-5-7-17(26)8-6-16/h2-3,5-15,21-22,25,27-28H,4H2,1H3/t21?,22?,25-/m1/s1. The van der Waals surface area contributed by atoms with Crippen molar-refractivity contribution in [2.45, 2.75) is 23.3 Å². The zero-order valence-electron chi connectivity index (χ0n) is 17.5.